The van der Waals surface area contributed by atoms with Gasteiger partial charge in [0, 0.05) is 22.3 Å². The molecule has 0 spiro atoms. The molecule has 3 rings (SSSR count). The highest BCUT2D eigenvalue weighted by Crippen LogP contribution is 2.40. The molecule has 0 radical (unpaired) electrons. The minimum Gasteiger partial charge on any atom is -0.480 e. The van der Waals surface area contributed by atoms with E-state index in [2.05, 4.69) is 11.8 Å². The number of carbonyl (C=O) groups is 1. The Morgan fingerprint density at radius 2 is 2.30 bits per heavy atom. The van der Waals surface area contributed by atoms with Crippen molar-refractivity contribution in [3.63, 3.8) is 0 Å². The lowest BCUT2D eigenvalue weighted by Crippen LogP contribution is -2.40. The molecule has 3 heterocycles. The van der Waals surface area contributed by atoms with E-state index in [1.165, 1.54) is 16.2 Å². The van der Waals surface area contributed by atoms with E-state index in [4.69, 9.17) is 11.6 Å². The van der Waals surface area contributed by atoms with E-state index in [0.29, 0.717) is 0 Å². The Kier molecular flexibility index (Phi) is 3.86. The van der Waals surface area contributed by atoms with Crippen LogP contribution in [0, 0.1) is 0 Å². The Labute approximate surface area is 130 Å². The van der Waals surface area contributed by atoms with Crippen LogP contribution in [0.25, 0.3) is 0 Å². The molecule has 1 aliphatic heterocycles. The summed E-state index contributed by atoms with van der Waals surface area (Å²) in [6.45, 7) is 2.82. The quantitative estimate of drug-likeness (QED) is 0.918. The van der Waals surface area contributed by atoms with Gasteiger partial charge in [0.15, 0.2) is 0 Å². The third-order valence-electron chi connectivity index (χ3n) is 3.74. The maximum Gasteiger partial charge on any atom is 0.325 e. The molecule has 0 fully saturated rings. The van der Waals surface area contributed by atoms with Crippen molar-refractivity contribution in [2.24, 2.45) is 0 Å². The smallest absolute Gasteiger partial charge is 0.325 e. The van der Waals surface area contributed by atoms with Crippen molar-refractivity contribution in [2.45, 2.75) is 25.4 Å². The zero-order chi connectivity index (χ0) is 14.3. The van der Waals surface area contributed by atoms with Gasteiger partial charge in [-0.2, -0.15) is 0 Å². The molecule has 0 aliphatic carbocycles. The molecule has 2 unspecified atom stereocenters. The molecular formula is C14H14ClNO2S2. The van der Waals surface area contributed by atoms with Crippen molar-refractivity contribution in [2.75, 3.05) is 6.54 Å². The molecule has 0 saturated heterocycles. The van der Waals surface area contributed by atoms with Gasteiger partial charge in [0.05, 0.1) is 4.34 Å². The highest BCUT2D eigenvalue weighted by atomic mass is 35.5. The van der Waals surface area contributed by atoms with Crippen LogP contribution in [0.4, 0.5) is 0 Å². The summed E-state index contributed by atoms with van der Waals surface area (Å²) < 4.78 is 0.743. The number of hydrogen-bond donors (Lipinski definition) is 1. The van der Waals surface area contributed by atoms with Crippen LogP contribution in [0.5, 0.6) is 0 Å². The average Bonchev–Trinajstić information content (AvgIpc) is 3.04. The van der Waals surface area contributed by atoms with Gasteiger partial charge < -0.3 is 5.11 Å². The molecule has 2 aromatic rings. The average molecular weight is 328 g/mol. The molecule has 3 nitrogen and oxygen atoms in total. The Morgan fingerprint density at radius 3 is 2.95 bits per heavy atom. The lowest BCUT2D eigenvalue weighted by atomic mass is 9.98. The molecule has 106 valence electrons. The minimum atomic E-state index is -0.779. The second kappa shape index (κ2) is 5.48. The van der Waals surface area contributed by atoms with Gasteiger partial charge in [-0.1, -0.05) is 11.6 Å². The number of thiophene rings is 2. The van der Waals surface area contributed by atoms with E-state index < -0.39 is 12.0 Å². The summed E-state index contributed by atoms with van der Waals surface area (Å²) in [6.07, 6.45) is 0.917. The predicted molar refractivity (Wildman–Crippen MR) is 82.8 cm³/mol. The molecule has 0 saturated carbocycles. The largest absolute Gasteiger partial charge is 0.480 e. The van der Waals surface area contributed by atoms with Gasteiger partial charge in [-0.15, -0.1) is 22.7 Å². The summed E-state index contributed by atoms with van der Waals surface area (Å²) >= 11 is 9.16. The van der Waals surface area contributed by atoms with Crippen molar-refractivity contribution < 1.29 is 9.90 Å². The molecule has 20 heavy (non-hydrogen) atoms. The summed E-state index contributed by atoms with van der Waals surface area (Å²) in [5.41, 5.74) is 0.947. The standard InChI is InChI=1S/C14H14ClNO2S2/c1-8(10-2-3-12(15)20-10)16-6-4-11-9(5-7-19-11)13(16)14(17)18/h2-3,5,7-8,13H,4,6H2,1H3,(H,17,18). The summed E-state index contributed by atoms with van der Waals surface area (Å²) in [5, 5.41) is 11.6. The fraction of sp³-hybridized carbons (Fsp3) is 0.357. The fourth-order valence-corrected chi connectivity index (χ4v) is 4.78. The lowest BCUT2D eigenvalue weighted by Gasteiger charge is -2.37. The first-order valence-corrected chi connectivity index (χ1v) is 8.45. The van der Waals surface area contributed by atoms with Crippen molar-refractivity contribution in [3.05, 3.63) is 43.2 Å². The fourth-order valence-electron chi connectivity index (χ4n) is 2.74. The molecule has 1 aliphatic rings. The SMILES string of the molecule is CC(c1ccc(Cl)s1)N1CCc2sccc2C1C(=O)O. The summed E-state index contributed by atoms with van der Waals surface area (Å²) in [6, 6.07) is 5.30. The zero-order valence-electron chi connectivity index (χ0n) is 10.9. The third-order valence-corrected chi connectivity index (χ3v) is 6.14. The van der Waals surface area contributed by atoms with E-state index in [1.807, 2.05) is 23.6 Å². The van der Waals surface area contributed by atoms with Gasteiger partial charge in [-0.3, -0.25) is 9.69 Å². The van der Waals surface area contributed by atoms with Gasteiger partial charge in [0.1, 0.15) is 6.04 Å². The van der Waals surface area contributed by atoms with Crippen LogP contribution >= 0.6 is 34.3 Å². The molecule has 1 N–H and O–H groups in total. The van der Waals surface area contributed by atoms with Gasteiger partial charge in [0.25, 0.3) is 0 Å². The van der Waals surface area contributed by atoms with Gasteiger partial charge in [-0.25, -0.2) is 0 Å². The first-order valence-electron chi connectivity index (χ1n) is 6.38. The molecule has 0 bridgehead atoms. The number of halogens is 1. The molecule has 2 atom stereocenters. The second-order valence-electron chi connectivity index (χ2n) is 4.85. The summed E-state index contributed by atoms with van der Waals surface area (Å²) in [7, 11) is 0. The minimum absolute atomic E-state index is 0.0571. The molecular weight excluding hydrogens is 314 g/mol. The van der Waals surface area contributed by atoms with Gasteiger partial charge in [0.2, 0.25) is 0 Å². The van der Waals surface area contributed by atoms with E-state index in [9.17, 15) is 9.90 Å². The zero-order valence-corrected chi connectivity index (χ0v) is 13.3. The van der Waals surface area contributed by atoms with Gasteiger partial charge >= 0.3 is 5.97 Å². The Hall–Kier alpha value is -0.880. The molecule has 6 heteroatoms. The number of aliphatic carboxylic acids is 1. The van der Waals surface area contributed by atoms with E-state index in [0.717, 1.165) is 27.7 Å². The van der Waals surface area contributed by atoms with E-state index in [-0.39, 0.29) is 6.04 Å². The highest BCUT2D eigenvalue weighted by molar-refractivity contribution is 7.16. The second-order valence-corrected chi connectivity index (χ2v) is 7.59. The van der Waals surface area contributed by atoms with Crippen LogP contribution in [0.3, 0.4) is 0 Å². The van der Waals surface area contributed by atoms with Crippen LogP contribution in [0.15, 0.2) is 23.6 Å². The number of carboxylic acids is 1. The Balaban J connectivity index is 1.95. The molecule has 2 aromatic heterocycles. The Morgan fingerprint density at radius 1 is 1.50 bits per heavy atom. The topological polar surface area (TPSA) is 40.5 Å². The number of hydrogen-bond acceptors (Lipinski definition) is 4. The van der Waals surface area contributed by atoms with E-state index in [1.54, 1.807) is 11.3 Å². The first-order chi connectivity index (χ1) is 9.58. The third kappa shape index (κ3) is 2.39. The molecule has 0 aromatic carbocycles. The maximum absolute atomic E-state index is 11.7. The summed E-state index contributed by atoms with van der Waals surface area (Å²) in [4.78, 5) is 16.1. The normalized spacial score (nSPS) is 20.6. The highest BCUT2D eigenvalue weighted by Gasteiger charge is 2.36. The van der Waals surface area contributed by atoms with Crippen molar-refractivity contribution in [1.29, 1.82) is 0 Å². The van der Waals surface area contributed by atoms with Crippen LogP contribution in [-0.4, -0.2) is 22.5 Å². The first kappa shape index (κ1) is 14.1. The van der Waals surface area contributed by atoms with Crippen LogP contribution in [-0.2, 0) is 11.2 Å². The van der Waals surface area contributed by atoms with Crippen LogP contribution in [0.2, 0.25) is 4.34 Å². The summed E-state index contributed by atoms with van der Waals surface area (Å²) in [5.74, 6) is -0.779. The maximum atomic E-state index is 11.7. The van der Waals surface area contributed by atoms with Crippen molar-refractivity contribution in [1.82, 2.24) is 4.90 Å². The van der Waals surface area contributed by atoms with Crippen LogP contribution in [0.1, 0.15) is 34.3 Å². The van der Waals surface area contributed by atoms with Crippen molar-refractivity contribution in [3.8, 4) is 0 Å². The number of fused-ring (bicyclic) bond motifs is 1. The van der Waals surface area contributed by atoms with Crippen LogP contribution < -0.4 is 0 Å². The molecule has 0 amide bonds. The number of nitrogens with zero attached hydrogens (tertiary/aromatic N) is 1. The Bertz CT molecular complexity index is 637. The van der Waals surface area contributed by atoms with Gasteiger partial charge in [-0.05, 0) is 42.5 Å². The predicted octanol–water partition coefficient (Wildman–Crippen LogP) is 4.21. The number of rotatable bonds is 3. The lowest BCUT2D eigenvalue weighted by molar-refractivity contribution is -0.145. The van der Waals surface area contributed by atoms with E-state index >= 15 is 0 Å². The monoisotopic (exact) mass is 327 g/mol. The van der Waals surface area contributed by atoms with Crippen molar-refractivity contribution >= 4 is 40.2 Å². The number of carboxylic acid groups (broad SMARTS) is 1.